The van der Waals surface area contributed by atoms with Crippen molar-refractivity contribution in [1.82, 2.24) is 14.8 Å². The van der Waals surface area contributed by atoms with E-state index in [2.05, 4.69) is 4.98 Å². The zero-order valence-electron chi connectivity index (χ0n) is 17.2. The molecule has 32 heavy (non-hydrogen) atoms. The van der Waals surface area contributed by atoms with Crippen LogP contribution in [0.2, 0.25) is 0 Å². The second-order valence-corrected chi connectivity index (χ2v) is 8.42. The third-order valence-corrected chi connectivity index (χ3v) is 6.23. The van der Waals surface area contributed by atoms with Crippen molar-refractivity contribution in [2.45, 2.75) is 13.1 Å². The van der Waals surface area contributed by atoms with Crippen molar-refractivity contribution in [3.05, 3.63) is 76.3 Å². The van der Waals surface area contributed by atoms with Crippen LogP contribution >= 0.6 is 11.3 Å². The van der Waals surface area contributed by atoms with E-state index in [1.807, 2.05) is 31.2 Å². The molecular formula is C23H20F3N3O2S. The van der Waals surface area contributed by atoms with Crippen LogP contribution in [-0.2, 0) is 6.18 Å². The summed E-state index contributed by atoms with van der Waals surface area (Å²) in [6.45, 7) is 3.29. The van der Waals surface area contributed by atoms with Gasteiger partial charge in [0, 0.05) is 42.7 Å². The van der Waals surface area contributed by atoms with Gasteiger partial charge in [-0.1, -0.05) is 29.8 Å². The van der Waals surface area contributed by atoms with Gasteiger partial charge in [0.2, 0.25) is 0 Å². The van der Waals surface area contributed by atoms with Crippen LogP contribution in [0, 0.1) is 6.92 Å². The third-order valence-electron chi connectivity index (χ3n) is 5.34. The Bertz CT molecular complexity index is 1120. The lowest BCUT2D eigenvalue weighted by atomic mass is 10.1. The number of thiazole rings is 1. The molecule has 1 fully saturated rings. The van der Waals surface area contributed by atoms with Crippen LogP contribution in [0.15, 0.2) is 53.9 Å². The molecule has 0 unspecified atom stereocenters. The van der Waals surface area contributed by atoms with Gasteiger partial charge >= 0.3 is 6.18 Å². The first-order valence-electron chi connectivity index (χ1n) is 10.0. The van der Waals surface area contributed by atoms with E-state index in [-0.39, 0.29) is 17.4 Å². The van der Waals surface area contributed by atoms with Crippen molar-refractivity contribution >= 4 is 23.2 Å². The monoisotopic (exact) mass is 459 g/mol. The minimum absolute atomic E-state index is 0.193. The van der Waals surface area contributed by atoms with E-state index < -0.39 is 11.7 Å². The first kappa shape index (κ1) is 22.0. The summed E-state index contributed by atoms with van der Waals surface area (Å²) in [5.41, 5.74) is 1.86. The Morgan fingerprint density at radius 3 is 2.00 bits per heavy atom. The summed E-state index contributed by atoms with van der Waals surface area (Å²) in [4.78, 5) is 33.1. The van der Waals surface area contributed by atoms with Gasteiger partial charge in [-0.15, -0.1) is 11.3 Å². The molecule has 1 aliphatic heterocycles. The number of piperazine rings is 1. The molecule has 0 atom stereocenters. The number of benzene rings is 2. The molecule has 0 N–H and O–H groups in total. The third kappa shape index (κ3) is 4.67. The molecule has 0 radical (unpaired) electrons. The summed E-state index contributed by atoms with van der Waals surface area (Å²) < 4.78 is 38.1. The van der Waals surface area contributed by atoms with E-state index in [9.17, 15) is 22.8 Å². The molecule has 1 saturated heterocycles. The first-order valence-corrected chi connectivity index (χ1v) is 10.9. The zero-order chi connectivity index (χ0) is 22.9. The highest BCUT2D eigenvalue weighted by molar-refractivity contribution is 7.13. The highest BCUT2D eigenvalue weighted by Crippen LogP contribution is 2.29. The molecule has 2 heterocycles. The number of hydrogen-bond donors (Lipinski definition) is 0. The van der Waals surface area contributed by atoms with Crippen molar-refractivity contribution in [3.63, 3.8) is 0 Å². The van der Waals surface area contributed by atoms with Crippen molar-refractivity contribution in [2.24, 2.45) is 0 Å². The quantitative estimate of drug-likeness (QED) is 0.569. The summed E-state index contributed by atoms with van der Waals surface area (Å²) in [6, 6.07) is 12.1. The van der Waals surface area contributed by atoms with Gasteiger partial charge in [0.1, 0.15) is 10.7 Å². The smallest absolute Gasteiger partial charge is 0.335 e. The van der Waals surface area contributed by atoms with Crippen LogP contribution in [0.1, 0.15) is 32.0 Å². The summed E-state index contributed by atoms with van der Waals surface area (Å²) in [6.07, 6.45) is -4.44. The fourth-order valence-electron chi connectivity index (χ4n) is 3.46. The average Bonchev–Trinajstić information content (AvgIpc) is 3.28. The average molecular weight is 459 g/mol. The molecule has 166 valence electrons. The zero-order valence-corrected chi connectivity index (χ0v) is 18.0. The molecule has 0 bridgehead atoms. The fourth-order valence-corrected chi connectivity index (χ4v) is 4.26. The number of hydrogen-bond acceptors (Lipinski definition) is 4. The Morgan fingerprint density at radius 1 is 0.875 bits per heavy atom. The van der Waals surface area contributed by atoms with E-state index in [0.717, 1.165) is 28.3 Å². The van der Waals surface area contributed by atoms with Gasteiger partial charge in [0.15, 0.2) is 0 Å². The van der Waals surface area contributed by atoms with Crippen LogP contribution in [0.4, 0.5) is 13.2 Å². The molecule has 0 spiro atoms. The molecule has 3 aromatic rings. The molecule has 2 amide bonds. The van der Waals surface area contributed by atoms with E-state index in [0.29, 0.717) is 31.9 Å². The van der Waals surface area contributed by atoms with E-state index in [1.54, 1.807) is 15.2 Å². The van der Waals surface area contributed by atoms with Crippen LogP contribution in [0.25, 0.3) is 10.6 Å². The number of carbonyl (C=O) groups is 2. The number of rotatable bonds is 3. The number of carbonyl (C=O) groups excluding carboxylic acids is 2. The number of amides is 2. The van der Waals surface area contributed by atoms with Crippen LogP contribution in [0.5, 0.6) is 0 Å². The van der Waals surface area contributed by atoms with Gasteiger partial charge in [-0.05, 0) is 31.2 Å². The molecule has 0 aliphatic carbocycles. The van der Waals surface area contributed by atoms with Gasteiger partial charge in [-0.25, -0.2) is 4.98 Å². The van der Waals surface area contributed by atoms with Crippen molar-refractivity contribution in [2.75, 3.05) is 26.2 Å². The Labute approximate surface area is 187 Å². The van der Waals surface area contributed by atoms with Gasteiger partial charge < -0.3 is 9.80 Å². The Balaban J connectivity index is 1.37. The lowest BCUT2D eigenvalue weighted by Crippen LogP contribution is -2.50. The van der Waals surface area contributed by atoms with Crippen molar-refractivity contribution in [1.29, 1.82) is 0 Å². The second-order valence-electron chi connectivity index (χ2n) is 7.56. The lowest BCUT2D eigenvalue weighted by molar-refractivity contribution is -0.137. The predicted octanol–water partition coefficient (Wildman–Crippen LogP) is 4.74. The maximum Gasteiger partial charge on any atom is 0.416 e. The minimum atomic E-state index is -4.44. The highest BCUT2D eigenvalue weighted by atomic mass is 32.1. The summed E-state index contributed by atoms with van der Waals surface area (Å²) in [5.74, 6) is -0.539. The van der Waals surface area contributed by atoms with Gasteiger partial charge in [0.25, 0.3) is 11.8 Å². The Morgan fingerprint density at radius 2 is 1.44 bits per heavy atom. The van der Waals surface area contributed by atoms with Crippen molar-refractivity contribution in [3.8, 4) is 10.6 Å². The Kier molecular flexibility index (Phi) is 6.01. The van der Waals surface area contributed by atoms with Crippen LogP contribution in [-0.4, -0.2) is 52.8 Å². The lowest BCUT2D eigenvalue weighted by Gasteiger charge is -2.34. The molecule has 5 nitrogen and oxygen atoms in total. The summed E-state index contributed by atoms with van der Waals surface area (Å²) in [5, 5.41) is 2.50. The summed E-state index contributed by atoms with van der Waals surface area (Å²) >= 11 is 1.40. The molecular weight excluding hydrogens is 439 g/mol. The molecule has 1 aliphatic rings. The first-order chi connectivity index (χ1) is 15.2. The van der Waals surface area contributed by atoms with Gasteiger partial charge in [-0.2, -0.15) is 13.2 Å². The number of nitrogens with zero attached hydrogens (tertiary/aromatic N) is 3. The number of halogens is 3. The molecule has 0 saturated carbocycles. The van der Waals surface area contributed by atoms with Gasteiger partial charge in [0.05, 0.1) is 5.56 Å². The summed E-state index contributed by atoms with van der Waals surface area (Å²) in [7, 11) is 0. The topological polar surface area (TPSA) is 53.5 Å². The van der Waals surface area contributed by atoms with Crippen LogP contribution in [0.3, 0.4) is 0 Å². The molecule has 4 rings (SSSR count). The van der Waals surface area contributed by atoms with E-state index in [1.165, 1.54) is 23.5 Å². The maximum atomic E-state index is 12.8. The minimum Gasteiger partial charge on any atom is -0.335 e. The highest BCUT2D eigenvalue weighted by Gasteiger charge is 2.31. The van der Waals surface area contributed by atoms with E-state index in [4.69, 9.17) is 0 Å². The standard InChI is InChI=1S/C23H20F3N3O2S/c1-15-2-4-16(5-3-15)20-27-19(14-32-20)22(31)29-12-10-28(11-13-29)21(30)17-6-8-18(9-7-17)23(24,25)26/h2-9,14H,10-13H2,1H3. The SMILES string of the molecule is Cc1ccc(-c2nc(C(=O)N3CCN(C(=O)c4ccc(C(F)(F)F)cc4)CC3)cs2)cc1. The van der Waals surface area contributed by atoms with Crippen LogP contribution < -0.4 is 0 Å². The fraction of sp³-hybridized carbons (Fsp3) is 0.261. The molecule has 9 heteroatoms. The number of aryl methyl sites for hydroxylation is 1. The Hall–Kier alpha value is -3.20. The van der Waals surface area contributed by atoms with E-state index >= 15 is 0 Å². The predicted molar refractivity (Wildman–Crippen MR) is 116 cm³/mol. The molecule has 2 aromatic carbocycles. The van der Waals surface area contributed by atoms with Crippen molar-refractivity contribution < 1.29 is 22.8 Å². The second kappa shape index (κ2) is 8.74. The molecule has 1 aromatic heterocycles. The maximum absolute atomic E-state index is 12.8. The normalized spacial score (nSPS) is 14.5. The number of aromatic nitrogens is 1. The largest absolute Gasteiger partial charge is 0.416 e. The number of alkyl halides is 3. The van der Waals surface area contributed by atoms with Gasteiger partial charge in [-0.3, -0.25) is 9.59 Å².